The van der Waals surface area contributed by atoms with E-state index in [1.54, 1.807) is 25.1 Å². The molecule has 0 aliphatic carbocycles. The predicted octanol–water partition coefficient (Wildman–Crippen LogP) is 1.39. The zero-order valence-electron chi connectivity index (χ0n) is 17.5. The Bertz CT molecular complexity index is 830. The van der Waals surface area contributed by atoms with Crippen LogP contribution in [0.5, 0.6) is 0 Å². The van der Waals surface area contributed by atoms with E-state index in [1.807, 2.05) is 13.8 Å². The molecule has 0 bridgehead atoms. The van der Waals surface area contributed by atoms with Crippen molar-refractivity contribution in [2.24, 2.45) is 5.92 Å². The van der Waals surface area contributed by atoms with Crippen LogP contribution in [0.3, 0.4) is 0 Å². The molecule has 9 nitrogen and oxygen atoms in total. The van der Waals surface area contributed by atoms with Crippen molar-refractivity contribution in [3.63, 3.8) is 0 Å². The average Bonchev–Trinajstić information content (AvgIpc) is 2.81. The van der Waals surface area contributed by atoms with Crippen LogP contribution in [-0.2, 0) is 14.8 Å². The fraction of sp³-hybridized carbons (Fsp3) is 0.600. The Hall–Kier alpha value is -2.17. The Balaban J connectivity index is 2.14. The molecule has 1 aromatic rings. The van der Waals surface area contributed by atoms with Crippen LogP contribution in [0, 0.1) is 5.92 Å². The van der Waals surface area contributed by atoms with Crippen molar-refractivity contribution in [1.82, 2.24) is 14.9 Å². The van der Waals surface area contributed by atoms with Gasteiger partial charge in [-0.1, -0.05) is 32.0 Å². The van der Waals surface area contributed by atoms with E-state index in [0.29, 0.717) is 19.3 Å². The normalized spacial score (nSPS) is 24.1. The smallest absolute Gasteiger partial charge is 0.405 e. The molecule has 1 heterocycles. The number of β-amino-alcohol motifs (C(OH)–C–C–N with tert-alkyl or cyclic N) is 1. The molecule has 30 heavy (non-hydrogen) atoms. The highest BCUT2D eigenvalue weighted by Crippen LogP contribution is 2.25. The van der Waals surface area contributed by atoms with Crippen LogP contribution in [0.15, 0.2) is 35.2 Å². The second-order valence-electron chi connectivity index (χ2n) is 8.13. The van der Waals surface area contributed by atoms with Gasteiger partial charge in [0, 0.05) is 12.6 Å². The molecule has 10 heteroatoms. The number of carbonyl (C=O) groups excluding carboxylic acids is 1. The van der Waals surface area contributed by atoms with Crippen molar-refractivity contribution in [2.45, 2.75) is 69.2 Å². The first kappa shape index (κ1) is 24.1. The summed E-state index contributed by atoms with van der Waals surface area (Å²) in [6.45, 7) is 5.35. The van der Waals surface area contributed by atoms with Gasteiger partial charge in [0.25, 0.3) is 0 Å². The van der Waals surface area contributed by atoms with E-state index < -0.39 is 40.2 Å². The molecule has 2 rings (SSSR count). The molecule has 2 amide bonds. The van der Waals surface area contributed by atoms with E-state index in [-0.39, 0.29) is 23.4 Å². The summed E-state index contributed by atoms with van der Waals surface area (Å²) in [5.74, 6) is -0.444. The Morgan fingerprint density at radius 2 is 1.83 bits per heavy atom. The maximum atomic E-state index is 13.0. The first-order chi connectivity index (χ1) is 14.0. The van der Waals surface area contributed by atoms with Crippen molar-refractivity contribution in [3.8, 4) is 0 Å². The molecule has 1 aliphatic rings. The second kappa shape index (κ2) is 10.2. The van der Waals surface area contributed by atoms with Gasteiger partial charge >= 0.3 is 6.09 Å². The molecule has 0 saturated carbocycles. The second-order valence-corrected chi connectivity index (χ2v) is 10.0. The molecule has 0 spiro atoms. The number of hydrogen-bond acceptors (Lipinski definition) is 5. The van der Waals surface area contributed by atoms with Crippen molar-refractivity contribution < 1.29 is 28.2 Å². The van der Waals surface area contributed by atoms with Crippen LogP contribution in [0.2, 0.25) is 0 Å². The van der Waals surface area contributed by atoms with E-state index in [2.05, 4.69) is 10.6 Å². The highest BCUT2D eigenvalue weighted by molar-refractivity contribution is 7.89. The number of nitrogens with zero attached hydrogens (tertiary/aromatic N) is 1. The summed E-state index contributed by atoms with van der Waals surface area (Å²) in [4.78, 5) is 23.8. The Labute approximate surface area is 177 Å². The van der Waals surface area contributed by atoms with Gasteiger partial charge in [-0.2, -0.15) is 4.31 Å². The largest absolute Gasteiger partial charge is 0.465 e. The summed E-state index contributed by atoms with van der Waals surface area (Å²) in [5, 5.41) is 24.6. The lowest BCUT2D eigenvalue weighted by Gasteiger charge is -2.28. The van der Waals surface area contributed by atoms with Crippen LogP contribution < -0.4 is 10.6 Å². The third-order valence-corrected chi connectivity index (χ3v) is 7.21. The highest BCUT2D eigenvalue weighted by atomic mass is 32.2. The lowest BCUT2D eigenvalue weighted by atomic mass is 10.0. The maximum absolute atomic E-state index is 13.0. The van der Waals surface area contributed by atoms with Gasteiger partial charge in [0.2, 0.25) is 15.9 Å². The first-order valence-electron chi connectivity index (χ1n) is 10.1. The third-order valence-electron chi connectivity index (χ3n) is 5.22. The summed E-state index contributed by atoms with van der Waals surface area (Å²) in [6, 6.07) is 6.03. The van der Waals surface area contributed by atoms with E-state index in [9.17, 15) is 23.1 Å². The number of sulfonamides is 1. The lowest BCUT2D eigenvalue weighted by Crippen LogP contribution is -2.53. The minimum atomic E-state index is -3.80. The number of carboxylic acid groups (broad SMARTS) is 1. The molecular weight excluding hydrogens is 410 g/mol. The molecule has 1 saturated heterocycles. The molecule has 168 valence electrons. The molecule has 0 unspecified atom stereocenters. The van der Waals surface area contributed by atoms with Crippen LogP contribution in [0.25, 0.3) is 0 Å². The Kier molecular flexibility index (Phi) is 8.22. The topological polar surface area (TPSA) is 136 Å². The average molecular weight is 442 g/mol. The minimum Gasteiger partial charge on any atom is -0.465 e. The quantitative estimate of drug-likeness (QED) is 0.505. The van der Waals surface area contributed by atoms with Crippen molar-refractivity contribution >= 4 is 22.0 Å². The van der Waals surface area contributed by atoms with Crippen molar-refractivity contribution in [2.75, 3.05) is 6.54 Å². The van der Waals surface area contributed by atoms with E-state index in [4.69, 9.17) is 5.11 Å². The number of nitrogens with one attached hydrogen (secondary N) is 2. The number of hydrogen-bond donors (Lipinski definition) is 4. The minimum absolute atomic E-state index is 0.0817. The third kappa shape index (κ3) is 6.16. The van der Waals surface area contributed by atoms with Gasteiger partial charge in [0.05, 0.1) is 17.0 Å². The summed E-state index contributed by atoms with van der Waals surface area (Å²) in [7, 11) is -3.80. The lowest BCUT2D eigenvalue weighted by molar-refractivity contribution is -0.125. The number of rotatable bonds is 7. The number of aliphatic hydroxyl groups is 1. The summed E-state index contributed by atoms with van der Waals surface area (Å²) >= 11 is 0. The van der Waals surface area contributed by atoms with Gasteiger partial charge in [0.1, 0.15) is 6.04 Å². The van der Waals surface area contributed by atoms with Crippen LogP contribution in [0.4, 0.5) is 4.79 Å². The summed E-state index contributed by atoms with van der Waals surface area (Å²) in [6.07, 6.45) is -1.30. The number of carbonyl (C=O) groups is 2. The maximum Gasteiger partial charge on any atom is 0.405 e. The molecule has 0 aromatic heterocycles. The van der Waals surface area contributed by atoms with Crippen LogP contribution in [0.1, 0.15) is 40.0 Å². The van der Waals surface area contributed by atoms with Crippen LogP contribution >= 0.6 is 0 Å². The van der Waals surface area contributed by atoms with E-state index >= 15 is 0 Å². The number of benzene rings is 1. The molecule has 0 radical (unpaired) electrons. The van der Waals surface area contributed by atoms with Crippen molar-refractivity contribution in [3.05, 3.63) is 30.3 Å². The van der Waals surface area contributed by atoms with Crippen LogP contribution in [-0.4, -0.2) is 65.7 Å². The standard InChI is InChI=1S/C20H31N3O6S/c1-13(2)11-17(22-20(26)27)19(25)21-16-10-9-14(3)23(12-18(16)24)30(28,29)15-7-5-4-6-8-15/h4-8,13-14,16-18,22,24H,9-12H2,1-3H3,(H,21,25)(H,26,27)/t14-,16+,17+,18+/m1/s1. The van der Waals surface area contributed by atoms with Gasteiger partial charge in [-0.15, -0.1) is 0 Å². The van der Waals surface area contributed by atoms with Crippen molar-refractivity contribution in [1.29, 1.82) is 0 Å². The van der Waals surface area contributed by atoms with Gasteiger partial charge in [-0.05, 0) is 44.2 Å². The number of amides is 2. The first-order valence-corrected chi connectivity index (χ1v) is 11.5. The zero-order valence-corrected chi connectivity index (χ0v) is 18.3. The fourth-order valence-electron chi connectivity index (χ4n) is 3.62. The molecule has 1 aromatic carbocycles. The summed E-state index contributed by atoms with van der Waals surface area (Å²) in [5.41, 5.74) is 0. The molecule has 1 fully saturated rings. The fourth-order valence-corrected chi connectivity index (χ4v) is 5.32. The zero-order chi connectivity index (χ0) is 22.5. The van der Waals surface area contributed by atoms with Gasteiger partial charge in [-0.25, -0.2) is 13.2 Å². The van der Waals surface area contributed by atoms with E-state index in [1.165, 1.54) is 16.4 Å². The van der Waals surface area contributed by atoms with Gasteiger partial charge < -0.3 is 20.8 Å². The predicted molar refractivity (Wildman–Crippen MR) is 111 cm³/mol. The molecule has 4 atom stereocenters. The van der Waals surface area contributed by atoms with E-state index in [0.717, 1.165) is 0 Å². The Morgan fingerprint density at radius 3 is 2.40 bits per heavy atom. The SMILES string of the molecule is CC(C)C[C@H](NC(=O)O)C(=O)N[C@H]1CC[C@@H](C)N(S(=O)(=O)c2ccccc2)C[C@@H]1O. The molecular formula is C20H31N3O6S. The summed E-state index contributed by atoms with van der Waals surface area (Å²) < 4.78 is 27.3. The molecule has 4 N–H and O–H groups in total. The Morgan fingerprint density at radius 1 is 1.20 bits per heavy atom. The van der Waals surface area contributed by atoms with Gasteiger partial charge in [-0.3, -0.25) is 4.79 Å². The highest BCUT2D eigenvalue weighted by Gasteiger charge is 2.37. The molecule has 1 aliphatic heterocycles. The monoisotopic (exact) mass is 441 g/mol. The van der Waals surface area contributed by atoms with Gasteiger partial charge in [0.15, 0.2) is 0 Å². The number of aliphatic hydroxyl groups excluding tert-OH is 1.